The molecule has 1 saturated heterocycles. The molecule has 2 N–H and O–H groups in total. The number of rotatable bonds is 4. The highest BCUT2D eigenvalue weighted by Gasteiger charge is 2.24. The fraction of sp³-hybridized carbons (Fsp3) is 0.462. The van der Waals surface area contributed by atoms with Crippen molar-refractivity contribution in [2.45, 2.75) is 24.3 Å². The summed E-state index contributed by atoms with van der Waals surface area (Å²) in [6, 6.07) is 4.40. The molecule has 0 saturated carbocycles. The average Bonchev–Trinajstić information content (AvgIpc) is 2.90. The highest BCUT2D eigenvalue weighted by atomic mass is 32.2. The number of nitrogens with one attached hydrogen (secondary N) is 2. The zero-order valence-electron chi connectivity index (χ0n) is 11.5. The molecule has 1 aliphatic rings. The summed E-state index contributed by atoms with van der Waals surface area (Å²) < 4.78 is 32.0. The Morgan fingerprint density at radius 2 is 2.20 bits per heavy atom. The predicted octanol–water partition coefficient (Wildman–Crippen LogP) is 0.422. The van der Waals surface area contributed by atoms with Gasteiger partial charge >= 0.3 is 5.97 Å². The van der Waals surface area contributed by atoms with Crippen LogP contribution < -0.4 is 10.0 Å². The van der Waals surface area contributed by atoms with E-state index in [0.29, 0.717) is 12.1 Å². The van der Waals surface area contributed by atoms with E-state index in [0.717, 1.165) is 13.0 Å². The van der Waals surface area contributed by atoms with Crippen LogP contribution in [0.2, 0.25) is 0 Å². The van der Waals surface area contributed by atoms with Gasteiger partial charge in [0.15, 0.2) is 0 Å². The molecule has 1 heterocycles. The molecule has 0 radical (unpaired) electrons. The van der Waals surface area contributed by atoms with Crippen LogP contribution in [0.15, 0.2) is 23.1 Å². The van der Waals surface area contributed by atoms with E-state index in [4.69, 9.17) is 0 Å². The van der Waals surface area contributed by atoms with Crippen LogP contribution in [-0.2, 0) is 14.8 Å². The third-order valence-corrected chi connectivity index (χ3v) is 4.94. The van der Waals surface area contributed by atoms with Crippen LogP contribution in [0, 0.1) is 6.92 Å². The Kier molecular flexibility index (Phi) is 4.42. The van der Waals surface area contributed by atoms with Gasteiger partial charge in [0.1, 0.15) is 0 Å². The van der Waals surface area contributed by atoms with Gasteiger partial charge < -0.3 is 10.1 Å². The van der Waals surface area contributed by atoms with Crippen LogP contribution in [0.1, 0.15) is 22.3 Å². The standard InChI is InChI=1S/C13H18N2O4S/c1-9-3-4-10(13(16)19-2)7-12(9)20(17,18)15-11-5-6-14-8-11/h3-4,7,11,14-15H,5-6,8H2,1-2H3/t11-/m0/s1. The highest BCUT2D eigenvalue weighted by Crippen LogP contribution is 2.18. The maximum atomic E-state index is 12.4. The van der Waals surface area contributed by atoms with E-state index < -0.39 is 16.0 Å². The van der Waals surface area contributed by atoms with Crippen molar-refractivity contribution >= 4 is 16.0 Å². The Morgan fingerprint density at radius 3 is 2.80 bits per heavy atom. The zero-order valence-corrected chi connectivity index (χ0v) is 12.3. The number of sulfonamides is 1. The first-order valence-corrected chi connectivity index (χ1v) is 7.84. The summed E-state index contributed by atoms with van der Waals surface area (Å²) in [5, 5.41) is 3.10. The third kappa shape index (κ3) is 3.17. The van der Waals surface area contributed by atoms with Gasteiger partial charge in [-0.2, -0.15) is 0 Å². The van der Waals surface area contributed by atoms with E-state index >= 15 is 0 Å². The topological polar surface area (TPSA) is 84.5 Å². The van der Waals surface area contributed by atoms with Crippen molar-refractivity contribution in [2.24, 2.45) is 0 Å². The number of methoxy groups -OCH3 is 1. The van der Waals surface area contributed by atoms with Crippen LogP contribution in [0.3, 0.4) is 0 Å². The molecule has 6 nitrogen and oxygen atoms in total. The summed E-state index contributed by atoms with van der Waals surface area (Å²) in [5.41, 5.74) is 0.819. The number of hydrogen-bond donors (Lipinski definition) is 2. The lowest BCUT2D eigenvalue weighted by molar-refractivity contribution is 0.0600. The van der Waals surface area contributed by atoms with Crippen molar-refractivity contribution < 1.29 is 17.9 Å². The summed E-state index contributed by atoms with van der Waals surface area (Å²) in [7, 11) is -2.37. The second-order valence-electron chi connectivity index (χ2n) is 4.78. The van der Waals surface area contributed by atoms with Gasteiger partial charge in [0, 0.05) is 12.6 Å². The van der Waals surface area contributed by atoms with E-state index in [1.54, 1.807) is 19.1 Å². The van der Waals surface area contributed by atoms with Crippen molar-refractivity contribution in [1.29, 1.82) is 0 Å². The lowest BCUT2D eigenvalue weighted by atomic mass is 10.1. The molecule has 1 fully saturated rings. The van der Waals surface area contributed by atoms with Gasteiger partial charge in [0.25, 0.3) is 0 Å². The van der Waals surface area contributed by atoms with Crippen LogP contribution in [0.4, 0.5) is 0 Å². The van der Waals surface area contributed by atoms with Crippen LogP contribution in [0.5, 0.6) is 0 Å². The van der Waals surface area contributed by atoms with Crippen molar-refractivity contribution in [2.75, 3.05) is 20.2 Å². The lowest BCUT2D eigenvalue weighted by Gasteiger charge is -2.14. The number of carbonyl (C=O) groups is 1. The van der Waals surface area contributed by atoms with Crippen LogP contribution in [0.25, 0.3) is 0 Å². The molecule has 110 valence electrons. The van der Waals surface area contributed by atoms with Gasteiger partial charge in [-0.15, -0.1) is 0 Å². The second-order valence-corrected chi connectivity index (χ2v) is 6.47. The monoisotopic (exact) mass is 298 g/mol. The Hall–Kier alpha value is -1.44. The molecule has 0 aromatic heterocycles. The largest absolute Gasteiger partial charge is 0.465 e. The van der Waals surface area contributed by atoms with Crippen LogP contribution >= 0.6 is 0 Å². The Morgan fingerprint density at radius 1 is 1.45 bits per heavy atom. The summed E-state index contributed by atoms with van der Waals surface area (Å²) in [6.45, 7) is 3.12. The number of ether oxygens (including phenoxy) is 1. The molecule has 2 rings (SSSR count). The Balaban J connectivity index is 2.32. The SMILES string of the molecule is COC(=O)c1ccc(C)c(S(=O)(=O)N[C@H]2CCNC2)c1. The van der Waals surface area contributed by atoms with Gasteiger partial charge in [-0.3, -0.25) is 0 Å². The van der Waals surface area contributed by atoms with Gasteiger partial charge in [0.05, 0.1) is 17.6 Å². The molecular formula is C13H18N2O4S. The van der Waals surface area contributed by atoms with E-state index in [1.807, 2.05) is 0 Å². The first kappa shape index (κ1) is 15.0. The fourth-order valence-corrected chi connectivity index (χ4v) is 3.71. The van der Waals surface area contributed by atoms with Crippen molar-refractivity contribution in [3.8, 4) is 0 Å². The zero-order chi connectivity index (χ0) is 14.8. The molecule has 0 unspecified atom stereocenters. The normalized spacial score (nSPS) is 19.0. The lowest BCUT2D eigenvalue weighted by Crippen LogP contribution is -2.36. The maximum absolute atomic E-state index is 12.4. The van der Waals surface area contributed by atoms with E-state index in [-0.39, 0.29) is 16.5 Å². The molecule has 1 aromatic rings. The van der Waals surface area contributed by atoms with E-state index in [9.17, 15) is 13.2 Å². The molecular weight excluding hydrogens is 280 g/mol. The van der Waals surface area contributed by atoms with Gasteiger partial charge in [-0.25, -0.2) is 17.9 Å². The molecule has 1 atom stereocenters. The number of carbonyl (C=O) groups excluding carboxylic acids is 1. The fourth-order valence-electron chi connectivity index (χ4n) is 2.17. The Labute approximate surface area is 118 Å². The number of esters is 1. The predicted molar refractivity (Wildman–Crippen MR) is 74.1 cm³/mol. The molecule has 0 aliphatic carbocycles. The van der Waals surface area contributed by atoms with Crippen molar-refractivity contribution in [1.82, 2.24) is 10.0 Å². The average molecular weight is 298 g/mol. The molecule has 1 aromatic carbocycles. The molecule has 1 aliphatic heterocycles. The summed E-state index contributed by atoms with van der Waals surface area (Å²) in [6.07, 6.45) is 0.759. The van der Waals surface area contributed by atoms with Gasteiger partial charge in [0.2, 0.25) is 10.0 Å². The highest BCUT2D eigenvalue weighted by molar-refractivity contribution is 7.89. The molecule has 0 amide bonds. The van der Waals surface area contributed by atoms with Gasteiger partial charge in [-0.05, 0) is 37.6 Å². The number of aryl methyl sites for hydroxylation is 1. The van der Waals surface area contributed by atoms with E-state index in [1.165, 1.54) is 13.2 Å². The van der Waals surface area contributed by atoms with Gasteiger partial charge in [-0.1, -0.05) is 6.07 Å². The number of hydrogen-bond acceptors (Lipinski definition) is 5. The molecule has 0 spiro atoms. The minimum absolute atomic E-state index is 0.110. The van der Waals surface area contributed by atoms with Crippen LogP contribution in [-0.4, -0.2) is 40.6 Å². The maximum Gasteiger partial charge on any atom is 0.337 e. The van der Waals surface area contributed by atoms with Crippen molar-refractivity contribution in [3.05, 3.63) is 29.3 Å². The third-order valence-electron chi connectivity index (χ3n) is 3.28. The first-order chi connectivity index (χ1) is 9.44. The second kappa shape index (κ2) is 5.90. The summed E-state index contributed by atoms with van der Waals surface area (Å²) in [4.78, 5) is 11.6. The molecule has 0 bridgehead atoms. The smallest absolute Gasteiger partial charge is 0.337 e. The summed E-state index contributed by atoms with van der Waals surface area (Å²) in [5.74, 6) is -0.552. The van der Waals surface area contributed by atoms with Crippen molar-refractivity contribution in [3.63, 3.8) is 0 Å². The molecule has 7 heteroatoms. The minimum atomic E-state index is -3.64. The number of benzene rings is 1. The summed E-state index contributed by atoms with van der Waals surface area (Å²) >= 11 is 0. The minimum Gasteiger partial charge on any atom is -0.465 e. The first-order valence-electron chi connectivity index (χ1n) is 6.36. The Bertz CT molecular complexity index is 607. The quantitative estimate of drug-likeness (QED) is 0.787. The molecule has 20 heavy (non-hydrogen) atoms. The van der Waals surface area contributed by atoms with E-state index in [2.05, 4.69) is 14.8 Å².